The van der Waals surface area contributed by atoms with Gasteiger partial charge in [0.25, 0.3) is 0 Å². The van der Waals surface area contributed by atoms with Gasteiger partial charge in [-0.1, -0.05) is 89.9 Å². The van der Waals surface area contributed by atoms with Crippen LogP contribution in [0.1, 0.15) is 17.2 Å². The molecule has 0 aliphatic rings. The van der Waals surface area contributed by atoms with E-state index in [0.29, 0.717) is 22.3 Å². The average molecular weight is 416 g/mol. The van der Waals surface area contributed by atoms with Gasteiger partial charge in [-0.25, -0.2) is 0 Å². The van der Waals surface area contributed by atoms with Crippen molar-refractivity contribution in [3.8, 4) is 5.75 Å². The molecule has 0 spiro atoms. The molecule has 0 aliphatic heterocycles. The Hall–Kier alpha value is -2.04. The van der Waals surface area contributed by atoms with Gasteiger partial charge in [0.15, 0.2) is 5.75 Å². The zero-order valence-corrected chi connectivity index (χ0v) is 17.1. The lowest BCUT2D eigenvalue weighted by atomic mass is 9.97. The zero-order chi connectivity index (χ0) is 19.9. The van der Waals surface area contributed by atoms with Gasteiger partial charge in [-0.15, -0.1) is 0 Å². The van der Waals surface area contributed by atoms with Crippen molar-refractivity contribution in [3.05, 3.63) is 100 Å². The molecule has 1 atom stereocenters. The second-order valence-corrected chi connectivity index (χ2v) is 7.49. The number of hydrogen-bond donors (Lipinski definition) is 1. The second-order valence-electron chi connectivity index (χ2n) is 6.68. The molecule has 0 fully saturated rings. The van der Waals surface area contributed by atoms with Gasteiger partial charge < -0.3 is 9.84 Å². The number of benzene rings is 3. The van der Waals surface area contributed by atoms with Crippen molar-refractivity contribution in [2.75, 3.05) is 20.2 Å². The topological polar surface area (TPSA) is 32.7 Å². The molecule has 0 bridgehead atoms. The molecule has 0 saturated heterocycles. The maximum absolute atomic E-state index is 10.6. The average Bonchev–Trinajstić information content (AvgIpc) is 2.69. The molecule has 0 aliphatic carbocycles. The van der Waals surface area contributed by atoms with Crippen molar-refractivity contribution in [2.45, 2.75) is 12.1 Å². The number of nitrogens with zero attached hydrogens (tertiary/aromatic N) is 1. The lowest BCUT2D eigenvalue weighted by Gasteiger charge is -2.30. The summed E-state index contributed by atoms with van der Waals surface area (Å²) in [4.78, 5) is 2.12. The normalized spacial score (nSPS) is 12.4. The number of aliphatic hydroxyl groups excluding tert-OH is 1. The van der Waals surface area contributed by atoms with Crippen LogP contribution in [0.2, 0.25) is 10.0 Å². The Morgan fingerprint density at radius 1 is 0.821 bits per heavy atom. The third-order valence-electron chi connectivity index (χ3n) is 4.51. The van der Waals surface area contributed by atoms with Crippen LogP contribution in [0.3, 0.4) is 0 Å². The van der Waals surface area contributed by atoms with E-state index in [1.165, 1.54) is 11.1 Å². The Bertz CT molecular complexity index is 815. The van der Waals surface area contributed by atoms with E-state index in [0.717, 1.165) is 0 Å². The van der Waals surface area contributed by atoms with Crippen molar-refractivity contribution < 1.29 is 9.84 Å². The van der Waals surface area contributed by atoms with Crippen molar-refractivity contribution in [1.29, 1.82) is 0 Å². The number of halogens is 2. The van der Waals surface area contributed by atoms with Gasteiger partial charge in [0.1, 0.15) is 12.7 Å². The van der Waals surface area contributed by atoms with Crippen molar-refractivity contribution in [2.24, 2.45) is 0 Å². The molecule has 3 nitrogen and oxygen atoms in total. The molecule has 1 N–H and O–H groups in total. The summed E-state index contributed by atoms with van der Waals surface area (Å²) in [5, 5.41) is 11.4. The standard InChI is InChI=1S/C23H23Cl2NO2/c1-26(15-19(27)16-28-23-20(24)13-8-14-21(23)25)22(17-9-4-2-5-10-17)18-11-6-3-7-12-18/h2-14,19,22,27H,15-16H2,1H3/t19-/m1/s1. The molecule has 28 heavy (non-hydrogen) atoms. The molecular formula is C23H23Cl2NO2. The molecule has 0 radical (unpaired) electrons. The molecule has 0 aromatic heterocycles. The van der Waals surface area contributed by atoms with Crippen LogP contribution in [0.15, 0.2) is 78.9 Å². The van der Waals surface area contributed by atoms with Gasteiger partial charge in [0, 0.05) is 6.54 Å². The van der Waals surface area contributed by atoms with Crippen molar-refractivity contribution in [1.82, 2.24) is 4.90 Å². The van der Waals surface area contributed by atoms with Crippen LogP contribution >= 0.6 is 23.2 Å². The Labute approximate surface area is 176 Å². The van der Waals surface area contributed by atoms with Gasteiger partial charge in [0.2, 0.25) is 0 Å². The first-order valence-corrected chi connectivity index (χ1v) is 9.87. The SMILES string of the molecule is CN(C[C@@H](O)COc1c(Cl)cccc1Cl)C(c1ccccc1)c1ccccc1. The third-order valence-corrected chi connectivity index (χ3v) is 5.10. The van der Waals surface area contributed by atoms with Crippen LogP contribution in [0.5, 0.6) is 5.75 Å². The van der Waals surface area contributed by atoms with E-state index in [1.807, 2.05) is 43.4 Å². The Kier molecular flexibility index (Phi) is 7.35. The lowest BCUT2D eigenvalue weighted by molar-refractivity contribution is 0.0682. The summed E-state index contributed by atoms with van der Waals surface area (Å²) >= 11 is 12.3. The number of ether oxygens (including phenoxy) is 1. The summed E-state index contributed by atoms with van der Waals surface area (Å²) in [5.41, 5.74) is 2.33. The Morgan fingerprint density at radius 2 is 1.32 bits per heavy atom. The monoisotopic (exact) mass is 415 g/mol. The fourth-order valence-corrected chi connectivity index (χ4v) is 3.77. The highest BCUT2D eigenvalue weighted by molar-refractivity contribution is 6.37. The molecule has 0 saturated carbocycles. The fraction of sp³-hybridized carbons (Fsp3) is 0.217. The third kappa shape index (κ3) is 5.27. The first-order valence-electron chi connectivity index (χ1n) is 9.11. The summed E-state index contributed by atoms with van der Waals surface area (Å²) in [7, 11) is 2.00. The number of aliphatic hydroxyl groups is 1. The van der Waals surface area contributed by atoms with E-state index in [4.69, 9.17) is 27.9 Å². The molecule has 0 heterocycles. The lowest BCUT2D eigenvalue weighted by Crippen LogP contribution is -2.36. The van der Waals surface area contributed by atoms with E-state index >= 15 is 0 Å². The first kappa shape index (κ1) is 20.7. The first-order chi connectivity index (χ1) is 13.6. The number of hydrogen-bond acceptors (Lipinski definition) is 3. The highest BCUT2D eigenvalue weighted by Crippen LogP contribution is 2.32. The highest BCUT2D eigenvalue weighted by Gasteiger charge is 2.22. The van der Waals surface area contributed by atoms with Crippen LogP contribution in [0.4, 0.5) is 0 Å². The number of rotatable bonds is 8. The highest BCUT2D eigenvalue weighted by atomic mass is 35.5. The van der Waals surface area contributed by atoms with E-state index in [1.54, 1.807) is 18.2 Å². The van der Waals surface area contributed by atoms with Gasteiger partial charge in [-0.05, 0) is 30.3 Å². The van der Waals surface area contributed by atoms with Crippen LogP contribution in [0, 0.1) is 0 Å². The zero-order valence-electron chi connectivity index (χ0n) is 15.6. The predicted octanol–water partition coefficient (Wildman–Crippen LogP) is 5.45. The summed E-state index contributed by atoms with van der Waals surface area (Å²) in [6.07, 6.45) is -0.702. The van der Waals surface area contributed by atoms with Crippen molar-refractivity contribution >= 4 is 23.2 Å². The van der Waals surface area contributed by atoms with Gasteiger partial charge >= 0.3 is 0 Å². The molecule has 3 aromatic rings. The summed E-state index contributed by atoms with van der Waals surface area (Å²) < 4.78 is 5.68. The fourth-order valence-electron chi connectivity index (χ4n) is 3.26. The van der Waals surface area contributed by atoms with Crippen molar-refractivity contribution in [3.63, 3.8) is 0 Å². The second kappa shape index (κ2) is 9.94. The smallest absolute Gasteiger partial charge is 0.156 e. The van der Waals surface area contributed by atoms with Gasteiger partial charge in [-0.3, -0.25) is 4.90 Å². The minimum Gasteiger partial charge on any atom is -0.488 e. The molecular weight excluding hydrogens is 393 g/mol. The van der Waals surface area contributed by atoms with E-state index in [9.17, 15) is 5.11 Å². The predicted molar refractivity (Wildman–Crippen MR) is 115 cm³/mol. The minimum atomic E-state index is -0.702. The van der Waals surface area contributed by atoms with E-state index < -0.39 is 6.10 Å². The molecule has 0 unspecified atom stereocenters. The van der Waals surface area contributed by atoms with Crippen LogP contribution in [0.25, 0.3) is 0 Å². The summed E-state index contributed by atoms with van der Waals surface area (Å²) in [6, 6.07) is 25.7. The Balaban J connectivity index is 1.70. The van der Waals surface area contributed by atoms with Gasteiger partial charge in [-0.2, -0.15) is 0 Å². The van der Waals surface area contributed by atoms with Crippen LogP contribution < -0.4 is 4.74 Å². The van der Waals surface area contributed by atoms with Crippen LogP contribution in [-0.2, 0) is 0 Å². The largest absolute Gasteiger partial charge is 0.488 e. The maximum atomic E-state index is 10.6. The summed E-state index contributed by atoms with van der Waals surface area (Å²) in [6.45, 7) is 0.528. The molecule has 3 aromatic carbocycles. The number of para-hydroxylation sites is 1. The van der Waals surface area contributed by atoms with E-state index in [-0.39, 0.29) is 12.6 Å². The number of likely N-dealkylation sites (N-methyl/N-ethyl adjacent to an activating group) is 1. The molecule has 0 amide bonds. The summed E-state index contributed by atoms with van der Waals surface area (Å²) in [5.74, 6) is 0.398. The van der Waals surface area contributed by atoms with Crippen LogP contribution in [-0.4, -0.2) is 36.3 Å². The van der Waals surface area contributed by atoms with E-state index in [2.05, 4.69) is 29.2 Å². The minimum absolute atomic E-state index is 0.0287. The molecule has 5 heteroatoms. The Morgan fingerprint density at radius 3 is 1.82 bits per heavy atom. The molecule has 3 rings (SSSR count). The van der Waals surface area contributed by atoms with Gasteiger partial charge in [0.05, 0.1) is 16.1 Å². The maximum Gasteiger partial charge on any atom is 0.156 e. The quantitative estimate of drug-likeness (QED) is 0.530. The molecule has 146 valence electrons.